The molecular weight excluding hydrogens is 326 g/mol. The van der Waals surface area contributed by atoms with Crippen LogP contribution in [-0.2, 0) is 14.3 Å². The Kier molecular flexibility index (Phi) is 4.55. The zero-order chi connectivity index (χ0) is 19.1. The van der Waals surface area contributed by atoms with E-state index in [1.165, 1.54) is 0 Å². The van der Waals surface area contributed by atoms with Gasteiger partial charge in [0.2, 0.25) is 0 Å². The summed E-state index contributed by atoms with van der Waals surface area (Å²) in [6.07, 6.45) is -0.481. The second-order valence-corrected chi connectivity index (χ2v) is 8.77. The van der Waals surface area contributed by atoms with E-state index in [1.54, 1.807) is 0 Å². The van der Waals surface area contributed by atoms with Gasteiger partial charge in [-0.2, -0.15) is 0 Å². The summed E-state index contributed by atoms with van der Waals surface area (Å²) >= 11 is 0. The molecule has 0 aliphatic carbocycles. The highest BCUT2D eigenvalue weighted by Crippen LogP contribution is 2.38. The standard InChI is InChI=1S/C22H27NO3/c1-21(2,3)20-23-17(19(24)26-22(4,5)6)18(25-20)16-13-9-11-14-10-7-8-12-15(14)16/h7-13,17-18H,1-6H3/t17-,18-/m0/s1. The van der Waals surface area contributed by atoms with Gasteiger partial charge in [0.15, 0.2) is 18.0 Å². The molecule has 4 heteroatoms. The molecule has 2 aromatic rings. The van der Waals surface area contributed by atoms with Crippen LogP contribution in [0, 0.1) is 5.41 Å². The van der Waals surface area contributed by atoms with Crippen molar-refractivity contribution in [2.24, 2.45) is 10.4 Å². The lowest BCUT2D eigenvalue weighted by Crippen LogP contribution is -2.33. The fraction of sp³-hybridized carbons (Fsp3) is 0.455. The Morgan fingerprint density at radius 1 is 1.00 bits per heavy atom. The molecule has 1 heterocycles. The number of ether oxygens (including phenoxy) is 2. The number of benzene rings is 2. The van der Waals surface area contributed by atoms with Gasteiger partial charge in [0.1, 0.15) is 5.60 Å². The van der Waals surface area contributed by atoms with Crippen LogP contribution >= 0.6 is 0 Å². The first-order chi connectivity index (χ1) is 12.1. The molecule has 0 aromatic heterocycles. The minimum absolute atomic E-state index is 0.278. The van der Waals surface area contributed by atoms with Gasteiger partial charge in [0.05, 0.1) is 0 Å². The summed E-state index contributed by atoms with van der Waals surface area (Å²) in [6, 6.07) is 13.5. The molecule has 0 fully saturated rings. The summed E-state index contributed by atoms with van der Waals surface area (Å²) in [4.78, 5) is 17.5. The molecule has 0 unspecified atom stereocenters. The average molecular weight is 353 g/mol. The summed E-state index contributed by atoms with van der Waals surface area (Å²) in [7, 11) is 0. The average Bonchev–Trinajstić information content (AvgIpc) is 2.98. The van der Waals surface area contributed by atoms with Crippen molar-refractivity contribution < 1.29 is 14.3 Å². The number of esters is 1. The van der Waals surface area contributed by atoms with E-state index in [0.29, 0.717) is 5.90 Å². The predicted molar refractivity (Wildman–Crippen MR) is 104 cm³/mol. The SMILES string of the molecule is CC(C)(C)OC(=O)[C@H]1N=C(C(C)(C)C)O[C@H]1c1cccc2ccccc12. The zero-order valence-corrected chi connectivity index (χ0v) is 16.4. The van der Waals surface area contributed by atoms with Gasteiger partial charge in [-0.3, -0.25) is 0 Å². The lowest BCUT2D eigenvalue weighted by atomic mass is 9.96. The number of rotatable bonds is 2. The molecule has 2 atom stereocenters. The van der Waals surface area contributed by atoms with Gasteiger partial charge in [-0.25, -0.2) is 9.79 Å². The molecule has 3 rings (SSSR count). The molecule has 26 heavy (non-hydrogen) atoms. The summed E-state index contributed by atoms with van der Waals surface area (Å²) < 4.78 is 11.8. The third-order valence-corrected chi connectivity index (χ3v) is 4.20. The third kappa shape index (κ3) is 3.74. The van der Waals surface area contributed by atoms with Gasteiger partial charge in [0, 0.05) is 11.0 Å². The monoisotopic (exact) mass is 353 g/mol. The largest absolute Gasteiger partial charge is 0.469 e. The quantitative estimate of drug-likeness (QED) is 0.709. The number of aliphatic imine (C=N–C) groups is 1. The van der Waals surface area contributed by atoms with Crippen LogP contribution in [0.3, 0.4) is 0 Å². The number of hydrogen-bond acceptors (Lipinski definition) is 4. The van der Waals surface area contributed by atoms with Crippen LogP contribution in [0.25, 0.3) is 10.8 Å². The fourth-order valence-corrected chi connectivity index (χ4v) is 3.05. The van der Waals surface area contributed by atoms with Crippen LogP contribution in [-0.4, -0.2) is 23.5 Å². The second-order valence-electron chi connectivity index (χ2n) is 8.77. The number of fused-ring (bicyclic) bond motifs is 1. The summed E-state index contributed by atoms with van der Waals surface area (Å²) in [6.45, 7) is 11.7. The first kappa shape index (κ1) is 18.4. The highest BCUT2D eigenvalue weighted by Gasteiger charge is 2.43. The highest BCUT2D eigenvalue weighted by molar-refractivity contribution is 5.92. The molecule has 0 radical (unpaired) electrons. The van der Waals surface area contributed by atoms with E-state index in [-0.39, 0.29) is 11.4 Å². The Bertz CT molecular complexity index is 850. The molecule has 1 aliphatic rings. The summed E-state index contributed by atoms with van der Waals surface area (Å²) in [5.74, 6) is 0.237. The molecule has 1 aliphatic heterocycles. The Morgan fingerprint density at radius 3 is 2.31 bits per heavy atom. The highest BCUT2D eigenvalue weighted by atomic mass is 16.6. The smallest absolute Gasteiger partial charge is 0.335 e. The van der Waals surface area contributed by atoms with Crippen molar-refractivity contribution in [3.63, 3.8) is 0 Å². The maximum atomic E-state index is 12.8. The van der Waals surface area contributed by atoms with Crippen molar-refractivity contribution in [1.29, 1.82) is 0 Å². The van der Waals surface area contributed by atoms with E-state index >= 15 is 0 Å². The van der Waals surface area contributed by atoms with Gasteiger partial charge in [-0.15, -0.1) is 0 Å². The molecule has 0 amide bonds. The van der Waals surface area contributed by atoms with Crippen LogP contribution in [0.1, 0.15) is 53.2 Å². The molecule has 2 aromatic carbocycles. The summed E-state index contributed by atoms with van der Waals surface area (Å²) in [5, 5.41) is 2.18. The van der Waals surface area contributed by atoms with Gasteiger partial charge >= 0.3 is 5.97 Å². The van der Waals surface area contributed by atoms with E-state index in [9.17, 15) is 4.79 Å². The van der Waals surface area contributed by atoms with E-state index in [1.807, 2.05) is 65.8 Å². The van der Waals surface area contributed by atoms with Crippen molar-refractivity contribution in [3.05, 3.63) is 48.0 Å². The van der Waals surface area contributed by atoms with E-state index < -0.39 is 17.7 Å². The zero-order valence-electron chi connectivity index (χ0n) is 16.4. The first-order valence-corrected chi connectivity index (χ1v) is 9.02. The molecule has 0 saturated heterocycles. The fourth-order valence-electron chi connectivity index (χ4n) is 3.05. The Balaban J connectivity index is 2.05. The van der Waals surface area contributed by atoms with Crippen LogP contribution in [0.4, 0.5) is 0 Å². The topological polar surface area (TPSA) is 47.9 Å². The number of nitrogens with zero attached hydrogens (tertiary/aromatic N) is 1. The van der Waals surface area contributed by atoms with Gasteiger partial charge in [-0.1, -0.05) is 63.2 Å². The predicted octanol–water partition coefficient (Wildman–Crippen LogP) is 5.07. The van der Waals surface area contributed by atoms with Crippen molar-refractivity contribution >= 4 is 22.6 Å². The van der Waals surface area contributed by atoms with Gasteiger partial charge in [-0.05, 0) is 31.5 Å². The molecule has 4 nitrogen and oxygen atoms in total. The Labute approximate surface area is 155 Å². The second kappa shape index (κ2) is 6.42. The molecule has 0 saturated carbocycles. The minimum Gasteiger partial charge on any atom is -0.469 e. The van der Waals surface area contributed by atoms with Crippen LogP contribution in [0.15, 0.2) is 47.5 Å². The van der Waals surface area contributed by atoms with Crippen molar-refractivity contribution in [2.45, 2.75) is 59.3 Å². The summed E-state index contributed by atoms with van der Waals surface area (Å²) in [5.41, 5.74) is 0.113. The molecule has 0 bridgehead atoms. The van der Waals surface area contributed by atoms with Gasteiger partial charge < -0.3 is 9.47 Å². The maximum Gasteiger partial charge on any atom is 0.335 e. The normalized spacial score (nSPS) is 20.6. The lowest BCUT2D eigenvalue weighted by Gasteiger charge is -2.24. The lowest BCUT2D eigenvalue weighted by molar-refractivity contribution is -0.158. The molecule has 138 valence electrons. The number of carbonyl (C=O) groups excluding carboxylic acids is 1. The van der Waals surface area contributed by atoms with Crippen molar-refractivity contribution in [1.82, 2.24) is 0 Å². The molecule has 0 N–H and O–H groups in total. The van der Waals surface area contributed by atoms with E-state index in [0.717, 1.165) is 16.3 Å². The maximum absolute atomic E-state index is 12.8. The minimum atomic E-state index is -0.700. The van der Waals surface area contributed by atoms with Crippen LogP contribution in [0.2, 0.25) is 0 Å². The Hall–Kier alpha value is -2.36. The molecular formula is C22H27NO3. The first-order valence-electron chi connectivity index (χ1n) is 9.02. The van der Waals surface area contributed by atoms with Crippen LogP contribution in [0.5, 0.6) is 0 Å². The third-order valence-electron chi connectivity index (χ3n) is 4.20. The van der Waals surface area contributed by atoms with Gasteiger partial charge in [0.25, 0.3) is 0 Å². The Morgan fingerprint density at radius 2 is 1.65 bits per heavy atom. The molecule has 0 spiro atoms. The van der Waals surface area contributed by atoms with Crippen molar-refractivity contribution in [3.8, 4) is 0 Å². The van der Waals surface area contributed by atoms with E-state index in [2.05, 4.69) is 23.2 Å². The van der Waals surface area contributed by atoms with E-state index in [4.69, 9.17) is 9.47 Å². The van der Waals surface area contributed by atoms with Crippen LogP contribution < -0.4 is 0 Å². The number of carbonyl (C=O) groups is 1. The number of hydrogen-bond donors (Lipinski definition) is 0. The van der Waals surface area contributed by atoms with Crippen molar-refractivity contribution in [2.75, 3.05) is 0 Å².